The molecule has 0 bridgehead atoms. The Morgan fingerprint density at radius 3 is 2.57 bits per heavy atom. The molecule has 0 fully saturated rings. The van der Waals surface area contributed by atoms with Crippen molar-refractivity contribution in [2.45, 2.75) is 51.7 Å². The van der Waals surface area contributed by atoms with Gasteiger partial charge in [-0.3, -0.25) is 9.59 Å². The van der Waals surface area contributed by atoms with Crippen LogP contribution in [0.4, 0.5) is 0 Å². The van der Waals surface area contributed by atoms with Crippen molar-refractivity contribution < 1.29 is 14.3 Å². The highest BCUT2D eigenvalue weighted by Crippen LogP contribution is 2.36. The number of benzene rings is 1. The molecule has 1 heterocycles. The first kappa shape index (κ1) is 17.5. The van der Waals surface area contributed by atoms with Crippen LogP contribution in [0.2, 0.25) is 0 Å². The van der Waals surface area contributed by atoms with E-state index in [1.54, 1.807) is 18.1 Å². The number of methoxy groups -OCH3 is 1. The third-order valence-corrected chi connectivity index (χ3v) is 3.97. The van der Waals surface area contributed by atoms with Crippen LogP contribution < -0.4 is 5.32 Å². The minimum atomic E-state index is -0.599. The van der Waals surface area contributed by atoms with E-state index in [-0.39, 0.29) is 23.4 Å². The normalized spacial score (nSPS) is 18.7. The van der Waals surface area contributed by atoms with Crippen molar-refractivity contribution in [3.05, 3.63) is 35.4 Å². The van der Waals surface area contributed by atoms with E-state index in [0.717, 1.165) is 12.0 Å². The number of hydrogen-bond donors (Lipinski definition) is 1. The third-order valence-electron chi connectivity index (χ3n) is 3.97. The number of carbonyl (C=O) groups is 2. The van der Waals surface area contributed by atoms with Crippen molar-refractivity contribution >= 4 is 11.8 Å². The van der Waals surface area contributed by atoms with E-state index in [2.05, 4.69) is 5.32 Å². The fourth-order valence-corrected chi connectivity index (χ4v) is 3.01. The summed E-state index contributed by atoms with van der Waals surface area (Å²) in [5, 5.41) is 3.00. The van der Waals surface area contributed by atoms with Crippen LogP contribution in [0.3, 0.4) is 0 Å². The van der Waals surface area contributed by atoms with E-state index in [1.807, 2.05) is 45.9 Å². The lowest BCUT2D eigenvalue weighted by Gasteiger charge is -2.33. The summed E-state index contributed by atoms with van der Waals surface area (Å²) < 4.78 is 5.26. The highest BCUT2D eigenvalue weighted by molar-refractivity contribution is 6.05. The molecule has 5 nitrogen and oxygen atoms in total. The summed E-state index contributed by atoms with van der Waals surface area (Å²) in [5.41, 5.74) is 1.02. The minimum Gasteiger partial charge on any atom is -0.383 e. The molecule has 0 aliphatic carbocycles. The molecule has 1 aliphatic rings. The number of nitrogens with zero attached hydrogens (tertiary/aromatic N) is 1. The highest BCUT2D eigenvalue weighted by Gasteiger charge is 2.44. The number of amides is 2. The molecule has 2 amide bonds. The molecule has 1 aliphatic heterocycles. The summed E-state index contributed by atoms with van der Waals surface area (Å²) in [6.45, 7) is 8.22. The standard InChI is InChI=1S/C18H26N2O3/c1-6-12(11-23-5)20-15(16(21)19-18(2,3)4)13-9-7-8-10-14(13)17(20)22/h7-10,12,15H,6,11H2,1-5H3,(H,19,21). The molecular formula is C18H26N2O3. The Bertz CT molecular complexity index is 592. The Labute approximate surface area is 138 Å². The van der Waals surface area contributed by atoms with Gasteiger partial charge in [-0.1, -0.05) is 25.1 Å². The maximum atomic E-state index is 12.9. The molecule has 1 aromatic carbocycles. The minimum absolute atomic E-state index is 0.0986. The molecule has 0 spiro atoms. The van der Waals surface area contributed by atoms with Gasteiger partial charge in [-0.05, 0) is 38.8 Å². The van der Waals surface area contributed by atoms with Gasteiger partial charge in [0, 0.05) is 18.2 Å². The zero-order valence-corrected chi connectivity index (χ0v) is 14.6. The average molecular weight is 318 g/mol. The van der Waals surface area contributed by atoms with Crippen LogP contribution in [0.25, 0.3) is 0 Å². The summed E-state index contributed by atoms with van der Waals surface area (Å²) in [6, 6.07) is 6.61. The maximum Gasteiger partial charge on any atom is 0.255 e. The molecule has 23 heavy (non-hydrogen) atoms. The van der Waals surface area contributed by atoms with Gasteiger partial charge < -0.3 is 15.0 Å². The van der Waals surface area contributed by atoms with Crippen LogP contribution in [0.15, 0.2) is 24.3 Å². The summed E-state index contributed by atoms with van der Waals surface area (Å²) in [6.07, 6.45) is 0.729. The van der Waals surface area contributed by atoms with E-state index in [9.17, 15) is 9.59 Å². The maximum absolute atomic E-state index is 12.9. The third kappa shape index (κ3) is 3.55. The predicted molar refractivity (Wildman–Crippen MR) is 89.2 cm³/mol. The van der Waals surface area contributed by atoms with Gasteiger partial charge in [0.1, 0.15) is 6.04 Å². The van der Waals surface area contributed by atoms with E-state index in [0.29, 0.717) is 12.2 Å². The van der Waals surface area contributed by atoms with Gasteiger partial charge in [0.2, 0.25) is 5.91 Å². The van der Waals surface area contributed by atoms with Crippen LogP contribution in [-0.2, 0) is 9.53 Å². The quantitative estimate of drug-likeness (QED) is 0.907. The van der Waals surface area contributed by atoms with Gasteiger partial charge in [-0.2, -0.15) is 0 Å². The predicted octanol–water partition coefficient (Wildman–Crippen LogP) is 2.52. The summed E-state index contributed by atoms with van der Waals surface area (Å²) in [4.78, 5) is 27.4. The van der Waals surface area contributed by atoms with Crippen molar-refractivity contribution in [3.8, 4) is 0 Å². The molecule has 1 N–H and O–H groups in total. The van der Waals surface area contributed by atoms with Crippen LogP contribution >= 0.6 is 0 Å². The Morgan fingerprint density at radius 2 is 2.00 bits per heavy atom. The van der Waals surface area contributed by atoms with Crippen molar-refractivity contribution in [1.29, 1.82) is 0 Å². The lowest BCUT2D eigenvalue weighted by atomic mass is 10.0. The fourth-order valence-electron chi connectivity index (χ4n) is 3.01. The fraction of sp³-hybridized carbons (Fsp3) is 0.556. The number of carbonyl (C=O) groups excluding carboxylic acids is 2. The van der Waals surface area contributed by atoms with Crippen LogP contribution in [-0.4, -0.2) is 42.0 Å². The number of fused-ring (bicyclic) bond motifs is 1. The molecule has 5 heteroatoms. The second kappa shape index (κ2) is 6.71. The smallest absolute Gasteiger partial charge is 0.255 e. The van der Waals surface area contributed by atoms with Crippen molar-refractivity contribution in [1.82, 2.24) is 10.2 Å². The number of nitrogens with one attached hydrogen (secondary N) is 1. The Hall–Kier alpha value is -1.88. The SMILES string of the molecule is CCC(COC)N1C(=O)c2ccccc2C1C(=O)NC(C)(C)C. The second-order valence-electron chi connectivity index (χ2n) is 6.96. The van der Waals surface area contributed by atoms with E-state index in [1.165, 1.54) is 0 Å². The molecule has 0 radical (unpaired) electrons. The monoisotopic (exact) mass is 318 g/mol. The molecule has 0 aromatic heterocycles. The largest absolute Gasteiger partial charge is 0.383 e. The van der Waals surface area contributed by atoms with Crippen molar-refractivity contribution in [2.24, 2.45) is 0 Å². The summed E-state index contributed by atoms with van der Waals surface area (Å²) in [7, 11) is 1.61. The zero-order chi connectivity index (χ0) is 17.2. The first-order valence-electron chi connectivity index (χ1n) is 8.02. The van der Waals surface area contributed by atoms with Gasteiger partial charge in [0.25, 0.3) is 5.91 Å². The lowest BCUT2D eigenvalue weighted by molar-refractivity contribution is -0.128. The van der Waals surface area contributed by atoms with E-state index >= 15 is 0 Å². The summed E-state index contributed by atoms with van der Waals surface area (Å²) in [5.74, 6) is -0.246. The molecule has 0 saturated carbocycles. The molecule has 2 rings (SSSR count). The molecule has 1 aromatic rings. The molecule has 0 saturated heterocycles. The van der Waals surface area contributed by atoms with Crippen LogP contribution in [0.5, 0.6) is 0 Å². The van der Waals surface area contributed by atoms with Crippen LogP contribution in [0, 0.1) is 0 Å². The number of ether oxygens (including phenoxy) is 1. The number of hydrogen-bond acceptors (Lipinski definition) is 3. The van der Waals surface area contributed by atoms with Gasteiger partial charge in [-0.25, -0.2) is 0 Å². The van der Waals surface area contributed by atoms with E-state index in [4.69, 9.17) is 4.74 Å². The Morgan fingerprint density at radius 1 is 1.35 bits per heavy atom. The Balaban J connectivity index is 2.43. The highest BCUT2D eigenvalue weighted by atomic mass is 16.5. The van der Waals surface area contributed by atoms with E-state index < -0.39 is 6.04 Å². The average Bonchev–Trinajstić information content (AvgIpc) is 2.77. The molecular weight excluding hydrogens is 292 g/mol. The molecule has 2 atom stereocenters. The number of rotatable bonds is 5. The van der Waals surface area contributed by atoms with Gasteiger partial charge >= 0.3 is 0 Å². The van der Waals surface area contributed by atoms with Gasteiger partial charge in [-0.15, -0.1) is 0 Å². The second-order valence-corrected chi connectivity index (χ2v) is 6.96. The first-order chi connectivity index (χ1) is 10.8. The van der Waals surface area contributed by atoms with Gasteiger partial charge in [0.05, 0.1) is 12.6 Å². The summed E-state index contributed by atoms with van der Waals surface area (Å²) >= 11 is 0. The first-order valence-corrected chi connectivity index (χ1v) is 8.02. The molecule has 2 unspecified atom stereocenters. The van der Waals surface area contributed by atoms with Gasteiger partial charge in [0.15, 0.2) is 0 Å². The zero-order valence-electron chi connectivity index (χ0n) is 14.6. The lowest BCUT2D eigenvalue weighted by Crippen LogP contribution is -2.50. The Kier molecular flexibility index (Phi) is 5.09. The van der Waals surface area contributed by atoms with Crippen molar-refractivity contribution in [3.63, 3.8) is 0 Å². The van der Waals surface area contributed by atoms with Crippen molar-refractivity contribution in [2.75, 3.05) is 13.7 Å². The topological polar surface area (TPSA) is 58.6 Å². The van der Waals surface area contributed by atoms with Crippen LogP contribution in [0.1, 0.15) is 56.1 Å². The molecule has 126 valence electrons.